The fourth-order valence-electron chi connectivity index (χ4n) is 4.11. The summed E-state index contributed by atoms with van der Waals surface area (Å²) < 4.78 is 14.6. The van der Waals surface area contributed by atoms with Crippen LogP contribution in [0.1, 0.15) is 36.1 Å². The van der Waals surface area contributed by atoms with E-state index >= 15 is 0 Å². The number of aromatic nitrogens is 4. The first-order chi connectivity index (χ1) is 14.2. The molecule has 1 fully saturated rings. The highest BCUT2D eigenvalue weighted by atomic mass is 19.1. The maximum Gasteiger partial charge on any atom is 0.267 e. The van der Waals surface area contributed by atoms with E-state index in [9.17, 15) is 9.18 Å². The summed E-state index contributed by atoms with van der Waals surface area (Å²) >= 11 is 0. The SMILES string of the molecule is O=c1cc2c(nn1Cc1ccc(F)cc1)-c1cnc(N3CCCCC3)nc1CC2. The molecule has 1 aliphatic heterocycles. The zero-order valence-electron chi connectivity index (χ0n) is 16.1. The van der Waals surface area contributed by atoms with E-state index in [-0.39, 0.29) is 11.4 Å². The summed E-state index contributed by atoms with van der Waals surface area (Å²) in [6.45, 7) is 2.31. The standard InChI is InChI=1S/C22H22FN5O/c23-17-7-4-15(5-8-17)14-28-20(29)12-16-6-9-19-18(21(16)26-28)13-24-22(25-19)27-10-2-1-3-11-27/h4-5,7-8,12-13H,1-3,6,9-11,14H2. The van der Waals surface area contributed by atoms with E-state index in [0.717, 1.165) is 60.0 Å². The summed E-state index contributed by atoms with van der Waals surface area (Å²) in [5.41, 5.74) is 4.29. The highest BCUT2D eigenvalue weighted by molar-refractivity contribution is 5.67. The maximum atomic E-state index is 13.2. The van der Waals surface area contributed by atoms with Crippen LogP contribution >= 0.6 is 0 Å². The molecule has 1 aliphatic carbocycles. The number of hydrogen-bond acceptors (Lipinski definition) is 5. The van der Waals surface area contributed by atoms with Crippen molar-refractivity contribution in [2.45, 2.75) is 38.6 Å². The summed E-state index contributed by atoms with van der Waals surface area (Å²) in [6.07, 6.45) is 7.02. The number of nitrogens with zero attached hydrogens (tertiary/aromatic N) is 5. The van der Waals surface area contributed by atoms with Gasteiger partial charge in [-0.25, -0.2) is 19.0 Å². The molecule has 0 radical (unpaired) electrons. The second kappa shape index (κ2) is 7.39. The van der Waals surface area contributed by atoms with Gasteiger partial charge in [0.2, 0.25) is 5.95 Å². The molecule has 0 amide bonds. The zero-order chi connectivity index (χ0) is 19.8. The van der Waals surface area contributed by atoms with Crippen molar-refractivity contribution in [1.82, 2.24) is 19.7 Å². The van der Waals surface area contributed by atoms with Crippen molar-refractivity contribution in [3.8, 4) is 11.3 Å². The van der Waals surface area contributed by atoms with Crippen LogP contribution < -0.4 is 10.5 Å². The van der Waals surface area contributed by atoms with Crippen molar-refractivity contribution < 1.29 is 4.39 Å². The van der Waals surface area contributed by atoms with Gasteiger partial charge in [0.1, 0.15) is 5.82 Å². The molecule has 0 bridgehead atoms. The first-order valence-corrected chi connectivity index (χ1v) is 10.1. The van der Waals surface area contributed by atoms with Gasteiger partial charge in [0.25, 0.3) is 5.56 Å². The van der Waals surface area contributed by atoms with Gasteiger partial charge in [0.05, 0.1) is 17.9 Å². The topological polar surface area (TPSA) is 63.9 Å². The number of anilines is 1. The van der Waals surface area contributed by atoms with E-state index in [1.807, 2.05) is 6.20 Å². The largest absolute Gasteiger partial charge is 0.341 e. The second-order valence-electron chi connectivity index (χ2n) is 7.72. The molecule has 1 saturated heterocycles. The van der Waals surface area contributed by atoms with Gasteiger partial charge in [-0.3, -0.25) is 4.79 Å². The lowest BCUT2D eigenvalue weighted by Gasteiger charge is -2.28. The fraction of sp³-hybridized carbons (Fsp3) is 0.364. The third-order valence-electron chi connectivity index (χ3n) is 5.70. The van der Waals surface area contributed by atoms with E-state index in [1.165, 1.54) is 36.1 Å². The van der Waals surface area contributed by atoms with Crippen LogP contribution in [-0.2, 0) is 19.4 Å². The summed E-state index contributed by atoms with van der Waals surface area (Å²) in [4.78, 5) is 24.2. The Morgan fingerprint density at radius 3 is 2.62 bits per heavy atom. The maximum absolute atomic E-state index is 13.2. The van der Waals surface area contributed by atoms with Gasteiger partial charge in [0, 0.05) is 30.9 Å². The molecule has 3 aromatic rings. The van der Waals surface area contributed by atoms with Crippen LogP contribution in [0.25, 0.3) is 11.3 Å². The van der Waals surface area contributed by atoms with E-state index in [0.29, 0.717) is 6.54 Å². The molecule has 0 atom stereocenters. The molecule has 29 heavy (non-hydrogen) atoms. The fourth-order valence-corrected chi connectivity index (χ4v) is 4.11. The Hall–Kier alpha value is -3.09. The minimum absolute atomic E-state index is 0.151. The van der Waals surface area contributed by atoms with Crippen LogP contribution in [-0.4, -0.2) is 32.8 Å². The minimum atomic E-state index is -0.296. The molecule has 0 spiro atoms. The van der Waals surface area contributed by atoms with Crippen molar-refractivity contribution in [3.05, 3.63) is 69.5 Å². The Morgan fingerprint density at radius 2 is 1.83 bits per heavy atom. The smallest absolute Gasteiger partial charge is 0.267 e. The number of halogens is 1. The minimum Gasteiger partial charge on any atom is -0.341 e. The van der Waals surface area contributed by atoms with Crippen LogP contribution in [0.15, 0.2) is 41.3 Å². The van der Waals surface area contributed by atoms with E-state index in [4.69, 9.17) is 4.98 Å². The van der Waals surface area contributed by atoms with Crippen molar-refractivity contribution >= 4 is 5.95 Å². The molecule has 1 aromatic carbocycles. The predicted molar refractivity (Wildman–Crippen MR) is 108 cm³/mol. The summed E-state index contributed by atoms with van der Waals surface area (Å²) in [7, 11) is 0. The molecular weight excluding hydrogens is 369 g/mol. The Morgan fingerprint density at radius 1 is 1.03 bits per heavy atom. The number of fused-ring (bicyclic) bond motifs is 3. The van der Waals surface area contributed by atoms with Crippen molar-refractivity contribution in [2.24, 2.45) is 0 Å². The van der Waals surface area contributed by atoms with Gasteiger partial charge in [-0.2, -0.15) is 5.10 Å². The number of aryl methyl sites for hydroxylation is 2. The molecule has 5 rings (SSSR count). The van der Waals surface area contributed by atoms with Crippen LogP contribution in [0, 0.1) is 5.82 Å². The quantitative estimate of drug-likeness (QED) is 0.687. The van der Waals surface area contributed by atoms with Crippen LogP contribution in [0.2, 0.25) is 0 Å². The molecule has 2 aliphatic rings. The van der Waals surface area contributed by atoms with Crippen LogP contribution in [0.3, 0.4) is 0 Å². The summed E-state index contributed by atoms with van der Waals surface area (Å²) in [6, 6.07) is 7.79. The molecule has 148 valence electrons. The second-order valence-corrected chi connectivity index (χ2v) is 7.72. The van der Waals surface area contributed by atoms with Crippen molar-refractivity contribution in [3.63, 3.8) is 0 Å². The predicted octanol–water partition coefficient (Wildman–Crippen LogP) is 2.98. The number of hydrogen-bond donors (Lipinski definition) is 0. The highest BCUT2D eigenvalue weighted by Crippen LogP contribution is 2.30. The molecule has 2 aromatic heterocycles. The molecule has 3 heterocycles. The van der Waals surface area contributed by atoms with E-state index in [1.54, 1.807) is 18.2 Å². The average Bonchev–Trinajstić information content (AvgIpc) is 2.76. The first kappa shape index (κ1) is 18.0. The monoisotopic (exact) mass is 391 g/mol. The lowest BCUT2D eigenvalue weighted by molar-refractivity contribution is 0.567. The summed E-state index contributed by atoms with van der Waals surface area (Å²) in [5.74, 6) is 0.501. The first-order valence-electron chi connectivity index (χ1n) is 10.1. The Bertz CT molecular complexity index is 1100. The lowest BCUT2D eigenvalue weighted by Crippen LogP contribution is -2.31. The Labute approximate surface area is 168 Å². The third-order valence-corrected chi connectivity index (χ3v) is 5.70. The molecule has 7 heteroatoms. The van der Waals surface area contributed by atoms with Crippen LogP contribution in [0.4, 0.5) is 10.3 Å². The number of rotatable bonds is 3. The van der Waals surface area contributed by atoms with Gasteiger partial charge in [-0.15, -0.1) is 0 Å². The molecule has 6 nitrogen and oxygen atoms in total. The number of piperidine rings is 1. The zero-order valence-corrected chi connectivity index (χ0v) is 16.1. The highest BCUT2D eigenvalue weighted by Gasteiger charge is 2.23. The van der Waals surface area contributed by atoms with Gasteiger partial charge >= 0.3 is 0 Å². The van der Waals surface area contributed by atoms with Gasteiger partial charge < -0.3 is 4.90 Å². The lowest BCUT2D eigenvalue weighted by atomic mass is 9.94. The summed E-state index contributed by atoms with van der Waals surface area (Å²) in [5, 5.41) is 4.63. The molecule has 0 unspecified atom stereocenters. The Kier molecular flexibility index (Phi) is 4.58. The average molecular weight is 391 g/mol. The van der Waals surface area contributed by atoms with Crippen molar-refractivity contribution in [1.29, 1.82) is 0 Å². The third kappa shape index (κ3) is 3.52. The van der Waals surface area contributed by atoms with E-state index < -0.39 is 0 Å². The van der Waals surface area contributed by atoms with E-state index in [2.05, 4.69) is 15.0 Å². The van der Waals surface area contributed by atoms with Crippen LogP contribution in [0.5, 0.6) is 0 Å². The van der Waals surface area contributed by atoms with Gasteiger partial charge in [0.15, 0.2) is 0 Å². The molecule has 0 saturated carbocycles. The molecule has 0 N–H and O–H groups in total. The van der Waals surface area contributed by atoms with Gasteiger partial charge in [-0.1, -0.05) is 12.1 Å². The normalized spacial score (nSPS) is 15.7. The Balaban J connectivity index is 1.49. The van der Waals surface area contributed by atoms with Crippen molar-refractivity contribution in [2.75, 3.05) is 18.0 Å². The molecular formula is C22H22FN5O. The van der Waals surface area contributed by atoms with Gasteiger partial charge in [-0.05, 0) is 55.4 Å². The number of benzene rings is 1.